The minimum Gasteiger partial charge on any atom is -0.496 e. The molecule has 27 heavy (non-hydrogen) atoms. The first-order valence-corrected chi connectivity index (χ1v) is 9.33. The van der Waals surface area contributed by atoms with Crippen LogP contribution in [0, 0.1) is 6.92 Å². The quantitative estimate of drug-likeness (QED) is 0.542. The molecule has 2 nitrogen and oxygen atoms in total. The highest BCUT2D eigenvalue weighted by molar-refractivity contribution is 5.59. The molecule has 0 amide bonds. The molecule has 2 N–H and O–H groups in total. The number of hydrogen-bond donors (Lipinski definition) is 1. The van der Waals surface area contributed by atoms with Crippen LogP contribution in [0.1, 0.15) is 58.6 Å². The van der Waals surface area contributed by atoms with Crippen LogP contribution in [-0.2, 0) is 0 Å². The van der Waals surface area contributed by atoms with Crippen molar-refractivity contribution in [3.63, 3.8) is 0 Å². The minimum absolute atomic E-state index is 0.0425. The molecule has 1 unspecified atom stereocenters. The first-order chi connectivity index (χ1) is 12.6. The van der Waals surface area contributed by atoms with Crippen molar-refractivity contribution >= 4 is 0 Å². The second kappa shape index (κ2) is 9.45. The Labute approximate surface area is 165 Å². The Morgan fingerprint density at radius 3 is 2.00 bits per heavy atom. The first-order valence-electron chi connectivity index (χ1n) is 9.33. The molecule has 0 saturated carbocycles. The van der Waals surface area contributed by atoms with Gasteiger partial charge in [-0.2, -0.15) is 0 Å². The Balaban J connectivity index is 4.05. The lowest BCUT2D eigenvalue weighted by atomic mass is 9.75. The number of ether oxygens (including phenoxy) is 1. The average molecular weight is 366 g/mol. The standard InChI is InChI=1S/C25H35NO/c1-11-21(26)19(9)24(17(6)7)25(23(15(2)3)16(4)5)20-13-12-18(8)14-22(20)27-10/h11-14,25H,2,6,26H2,1,3-5,7-10H3/b21-11+,24-19+. The maximum absolute atomic E-state index is 6.31. The van der Waals surface area contributed by atoms with E-state index in [-0.39, 0.29) is 5.92 Å². The fourth-order valence-electron chi connectivity index (χ4n) is 3.63. The van der Waals surface area contributed by atoms with Gasteiger partial charge in [0.15, 0.2) is 0 Å². The molecule has 1 atom stereocenters. The fourth-order valence-corrected chi connectivity index (χ4v) is 3.63. The number of aryl methyl sites for hydroxylation is 1. The van der Waals surface area contributed by atoms with Crippen LogP contribution < -0.4 is 10.5 Å². The smallest absolute Gasteiger partial charge is 0.123 e. The van der Waals surface area contributed by atoms with E-state index >= 15 is 0 Å². The van der Waals surface area contributed by atoms with Crippen LogP contribution >= 0.6 is 0 Å². The summed E-state index contributed by atoms with van der Waals surface area (Å²) in [5.41, 5.74) is 15.9. The van der Waals surface area contributed by atoms with Crippen molar-refractivity contribution in [1.29, 1.82) is 0 Å². The normalized spacial score (nSPS) is 13.6. The van der Waals surface area contributed by atoms with Crippen LogP contribution in [0.2, 0.25) is 0 Å². The number of rotatable bonds is 7. The van der Waals surface area contributed by atoms with Gasteiger partial charge in [-0.15, -0.1) is 0 Å². The molecule has 1 rings (SSSR count). The topological polar surface area (TPSA) is 35.2 Å². The predicted molar refractivity (Wildman–Crippen MR) is 119 cm³/mol. The predicted octanol–water partition coefficient (Wildman–Crippen LogP) is 6.75. The summed E-state index contributed by atoms with van der Waals surface area (Å²) in [7, 11) is 1.72. The maximum atomic E-state index is 6.31. The zero-order valence-corrected chi connectivity index (χ0v) is 18.3. The minimum atomic E-state index is -0.0425. The van der Waals surface area contributed by atoms with E-state index in [1.54, 1.807) is 7.11 Å². The number of hydrogen-bond acceptors (Lipinski definition) is 2. The summed E-state index contributed by atoms with van der Waals surface area (Å²) in [6.07, 6.45) is 1.94. The van der Waals surface area contributed by atoms with Crippen molar-refractivity contribution in [3.05, 3.63) is 87.7 Å². The molecule has 2 heteroatoms. The molecule has 146 valence electrons. The summed E-state index contributed by atoms with van der Waals surface area (Å²) >= 11 is 0. The van der Waals surface area contributed by atoms with Crippen molar-refractivity contribution in [2.45, 2.75) is 54.4 Å². The van der Waals surface area contributed by atoms with Crippen LogP contribution in [0.15, 0.2) is 76.6 Å². The molecule has 0 bridgehead atoms. The number of benzene rings is 1. The van der Waals surface area contributed by atoms with Gasteiger partial charge in [0.05, 0.1) is 7.11 Å². The van der Waals surface area contributed by atoms with Gasteiger partial charge in [-0.3, -0.25) is 0 Å². The third kappa shape index (κ3) is 5.03. The summed E-state index contributed by atoms with van der Waals surface area (Å²) in [4.78, 5) is 0. The molecular formula is C25H35NO. The molecule has 0 aliphatic heterocycles. The highest BCUT2D eigenvalue weighted by Gasteiger charge is 2.28. The Morgan fingerprint density at radius 1 is 1.04 bits per heavy atom. The van der Waals surface area contributed by atoms with Gasteiger partial charge in [0.25, 0.3) is 0 Å². The van der Waals surface area contributed by atoms with E-state index in [9.17, 15) is 0 Å². The lowest BCUT2D eigenvalue weighted by Gasteiger charge is -2.30. The molecule has 0 aliphatic rings. The zero-order chi connectivity index (χ0) is 20.9. The molecule has 0 heterocycles. The third-order valence-electron chi connectivity index (χ3n) is 4.88. The van der Waals surface area contributed by atoms with Crippen molar-refractivity contribution in [3.8, 4) is 5.75 Å². The van der Waals surface area contributed by atoms with Gasteiger partial charge in [0.1, 0.15) is 5.75 Å². The molecular weight excluding hydrogens is 330 g/mol. The number of nitrogens with two attached hydrogens (primary N) is 1. The molecule has 0 fully saturated rings. The third-order valence-corrected chi connectivity index (χ3v) is 4.88. The first kappa shape index (κ1) is 22.6. The summed E-state index contributed by atoms with van der Waals surface area (Å²) in [5, 5.41) is 0. The molecule has 1 aromatic rings. The van der Waals surface area contributed by atoms with Crippen molar-refractivity contribution in [2.75, 3.05) is 7.11 Å². The van der Waals surface area contributed by atoms with Crippen molar-refractivity contribution in [2.24, 2.45) is 5.73 Å². The Morgan fingerprint density at radius 2 is 1.59 bits per heavy atom. The van der Waals surface area contributed by atoms with Gasteiger partial charge in [0, 0.05) is 17.2 Å². The van der Waals surface area contributed by atoms with E-state index in [1.165, 1.54) is 11.1 Å². The SMILES string of the molecule is C=C(C)C(=C(C)C)C(/C(C(=C)C)=C(C)/C(N)=C\C)c1ccc(C)cc1OC. The number of allylic oxidation sites excluding steroid dienone is 7. The van der Waals surface area contributed by atoms with E-state index in [0.717, 1.165) is 44.9 Å². The van der Waals surface area contributed by atoms with Gasteiger partial charge in [0.2, 0.25) is 0 Å². The number of methoxy groups -OCH3 is 1. The van der Waals surface area contributed by atoms with Crippen LogP contribution in [0.5, 0.6) is 5.75 Å². The van der Waals surface area contributed by atoms with E-state index < -0.39 is 0 Å². The van der Waals surface area contributed by atoms with Gasteiger partial charge < -0.3 is 10.5 Å². The van der Waals surface area contributed by atoms with Crippen LogP contribution in [-0.4, -0.2) is 7.11 Å². The Kier molecular flexibility index (Phi) is 7.90. The van der Waals surface area contributed by atoms with Crippen molar-refractivity contribution < 1.29 is 4.74 Å². The van der Waals surface area contributed by atoms with Gasteiger partial charge >= 0.3 is 0 Å². The van der Waals surface area contributed by atoms with Crippen molar-refractivity contribution in [1.82, 2.24) is 0 Å². The largest absolute Gasteiger partial charge is 0.496 e. The van der Waals surface area contributed by atoms with Crippen LogP contribution in [0.4, 0.5) is 0 Å². The Bertz CT molecular complexity index is 830. The average Bonchev–Trinajstić information content (AvgIpc) is 2.59. The summed E-state index contributed by atoms with van der Waals surface area (Å²) in [6.45, 7) is 23.0. The summed E-state index contributed by atoms with van der Waals surface area (Å²) < 4.78 is 5.76. The summed E-state index contributed by atoms with van der Waals surface area (Å²) in [6, 6.07) is 6.34. The monoisotopic (exact) mass is 365 g/mol. The fraction of sp³-hybridized carbons (Fsp3) is 0.360. The van der Waals surface area contributed by atoms with E-state index in [2.05, 4.69) is 66.0 Å². The lowest BCUT2D eigenvalue weighted by molar-refractivity contribution is 0.408. The molecule has 0 radical (unpaired) electrons. The highest BCUT2D eigenvalue weighted by Crippen LogP contribution is 2.45. The molecule has 0 aromatic heterocycles. The second-order valence-electron chi connectivity index (χ2n) is 7.44. The zero-order valence-electron chi connectivity index (χ0n) is 18.3. The highest BCUT2D eigenvalue weighted by atomic mass is 16.5. The van der Waals surface area contributed by atoms with E-state index in [0.29, 0.717) is 0 Å². The maximum Gasteiger partial charge on any atom is 0.123 e. The molecule has 1 aromatic carbocycles. The summed E-state index contributed by atoms with van der Waals surface area (Å²) in [5.74, 6) is 0.824. The van der Waals surface area contributed by atoms with Crippen LogP contribution in [0.3, 0.4) is 0 Å². The van der Waals surface area contributed by atoms with Gasteiger partial charge in [-0.05, 0) is 76.8 Å². The molecule has 0 saturated heterocycles. The van der Waals surface area contributed by atoms with Gasteiger partial charge in [-0.25, -0.2) is 0 Å². The van der Waals surface area contributed by atoms with E-state index in [4.69, 9.17) is 10.5 Å². The molecule has 0 aliphatic carbocycles. The lowest BCUT2D eigenvalue weighted by Crippen LogP contribution is -2.14. The van der Waals surface area contributed by atoms with E-state index in [1.807, 2.05) is 19.9 Å². The van der Waals surface area contributed by atoms with Crippen LogP contribution in [0.25, 0.3) is 0 Å². The molecule has 0 spiro atoms. The Hall–Kier alpha value is -2.48. The second-order valence-corrected chi connectivity index (χ2v) is 7.44. The van der Waals surface area contributed by atoms with Gasteiger partial charge in [-0.1, -0.05) is 48.1 Å².